The Balaban J connectivity index is 2.22. The summed E-state index contributed by atoms with van der Waals surface area (Å²) in [4.78, 5) is 0. The maximum Gasteiger partial charge on any atom is 0.145 e. The van der Waals surface area contributed by atoms with Crippen LogP contribution in [-0.2, 0) is 0 Å². The van der Waals surface area contributed by atoms with Gasteiger partial charge in [-0.25, -0.2) is 0 Å². The summed E-state index contributed by atoms with van der Waals surface area (Å²) in [5.41, 5.74) is 5.03. The number of nitrogens with zero attached hydrogens (tertiary/aromatic N) is 3. The van der Waals surface area contributed by atoms with Gasteiger partial charge in [-0.15, -0.1) is 5.10 Å². The molecule has 1 aromatic carbocycles. The Labute approximate surface area is 109 Å². The summed E-state index contributed by atoms with van der Waals surface area (Å²) >= 11 is 1.68. The second kappa shape index (κ2) is 4.78. The first-order valence-electron chi connectivity index (χ1n) is 5.67. The number of benzene rings is 1. The van der Waals surface area contributed by atoms with Crippen LogP contribution >= 0.6 is 11.8 Å². The SMILES string of the molecule is CC1=NN=C(C2=c3ccccc3=CC=NN2)SC1. The van der Waals surface area contributed by atoms with E-state index in [-0.39, 0.29) is 0 Å². The van der Waals surface area contributed by atoms with E-state index >= 15 is 0 Å². The van der Waals surface area contributed by atoms with Gasteiger partial charge in [0.2, 0.25) is 0 Å². The Morgan fingerprint density at radius 3 is 2.94 bits per heavy atom. The molecular formula is C13H12N4S. The largest absolute Gasteiger partial charge is 0.275 e. The third-order valence-electron chi connectivity index (χ3n) is 2.68. The maximum absolute atomic E-state index is 4.25. The molecule has 3 rings (SSSR count). The van der Waals surface area contributed by atoms with Gasteiger partial charge in [0, 0.05) is 22.9 Å². The summed E-state index contributed by atoms with van der Waals surface area (Å²) in [7, 11) is 0. The molecule has 0 saturated heterocycles. The van der Waals surface area contributed by atoms with E-state index in [4.69, 9.17) is 0 Å². The molecule has 5 heteroatoms. The first-order valence-corrected chi connectivity index (χ1v) is 6.66. The van der Waals surface area contributed by atoms with Gasteiger partial charge in [-0.2, -0.15) is 10.2 Å². The van der Waals surface area contributed by atoms with Crippen molar-refractivity contribution in [2.75, 3.05) is 5.75 Å². The van der Waals surface area contributed by atoms with Crippen molar-refractivity contribution in [3.63, 3.8) is 0 Å². The van der Waals surface area contributed by atoms with Crippen molar-refractivity contribution in [1.82, 2.24) is 5.43 Å². The van der Waals surface area contributed by atoms with Crippen LogP contribution in [0.25, 0.3) is 11.8 Å². The van der Waals surface area contributed by atoms with Crippen LogP contribution in [0.3, 0.4) is 0 Å². The van der Waals surface area contributed by atoms with E-state index in [0.29, 0.717) is 0 Å². The Bertz CT molecular complexity index is 685. The van der Waals surface area contributed by atoms with Crippen LogP contribution < -0.4 is 15.9 Å². The maximum atomic E-state index is 4.25. The fourth-order valence-corrected chi connectivity index (χ4v) is 2.60. The zero-order chi connectivity index (χ0) is 12.4. The highest BCUT2D eigenvalue weighted by molar-refractivity contribution is 8.15. The lowest BCUT2D eigenvalue weighted by Crippen LogP contribution is -2.32. The molecular weight excluding hydrogens is 244 g/mol. The van der Waals surface area contributed by atoms with Crippen molar-refractivity contribution in [3.8, 4) is 0 Å². The van der Waals surface area contributed by atoms with Crippen LogP contribution in [0, 0.1) is 0 Å². The molecule has 0 aromatic heterocycles. The fourth-order valence-electron chi connectivity index (χ4n) is 1.80. The third kappa shape index (κ3) is 2.09. The highest BCUT2D eigenvalue weighted by atomic mass is 32.2. The zero-order valence-corrected chi connectivity index (χ0v) is 10.7. The number of hydrazone groups is 1. The van der Waals surface area contributed by atoms with Crippen LogP contribution in [0.2, 0.25) is 0 Å². The standard InChI is InChI=1S/C13H12N4S/c1-9-8-18-13(17-15-9)12-11-5-3-2-4-10(11)6-7-14-16-12/h2-7,16H,8H2,1H3. The minimum Gasteiger partial charge on any atom is -0.275 e. The average molecular weight is 256 g/mol. The topological polar surface area (TPSA) is 49.1 Å². The summed E-state index contributed by atoms with van der Waals surface area (Å²) in [5, 5.41) is 15.7. The van der Waals surface area contributed by atoms with Crippen LogP contribution in [0.5, 0.6) is 0 Å². The predicted octanol–water partition coefficient (Wildman–Crippen LogP) is 0.686. The van der Waals surface area contributed by atoms with Gasteiger partial charge in [0.05, 0.1) is 5.70 Å². The Morgan fingerprint density at radius 1 is 1.22 bits per heavy atom. The van der Waals surface area contributed by atoms with E-state index in [1.807, 2.05) is 25.1 Å². The van der Waals surface area contributed by atoms with Gasteiger partial charge in [0.1, 0.15) is 5.04 Å². The van der Waals surface area contributed by atoms with Crippen LogP contribution in [-0.4, -0.2) is 22.7 Å². The number of nitrogens with one attached hydrogen (secondary N) is 1. The van der Waals surface area contributed by atoms with Crippen molar-refractivity contribution < 1.29 is 0 Å². The van der Waals surface area contributed by atoms with E-state index < -0.39 is 0 Å². The molecule has 1 N–H and O–H groups in total. The lowest BCUT2D eigenvalue weighted by atomic mass is 10.2. The molecule has 0 spiro atoms. The monoisotopic (exact) mass is 256 g/mol. The second-order valence-electron chi connectivity index (χ2n) is 4.05. The molecule has 0 atom stereocenters. The minimum absolute atomic E-state index is 0.875. The molecule has 2 aliphatic rings. The van der Waals surface area contributed by atoms with Crippen molar-refractivity contribution >= 4 is 40.5 Å². The molecule has 0 amide bonds. The van der Waals surface area contributed by atoms with E-state index in [1.54, 1.807) is 18.0 Å². The highest BCUT2D eigenvalue weighted by Crippen LogP contribution is 2.16. The summed E-state index contributed by atoms with van der Waals surface area (Å²) < 4.78 is 0. The van der Waals surface area contributed by atoms with Gasteiger partial charge in [-0.3, -0.25) is 5.43 Å². The van der Waals surface area contributed by atoms with E-state index in [0.717, 1.165) is 32.6 Å². The first kappa shape index (κ1) is 11.2. The molecule has 0 fully saturated rings. The molecule has 90 valence electrons. The number of fused-ring (bicyclic) bond motifs is 1. The molecule has 0 aliphatic carbocycles. The summed E-state index contributed by atoms with van der Waals surface area (Å²) in [5.74, 6) is 0.875. The summed E-state index contributed by atoms with van der Waals surface area (Å²) in [6, 6.07) is 8.17. The van der Waals surface area contributed by atoms with Crippen molar-refractivity contribution in [2.24, 2.45) is 15.3 Å². The van der Waals surface area contributed by atoms with Gasteiger partial charge < -0.3 is 0 Å². The molecule has 2 aliphatic heterocycles. The lowest BCUT2D eigenvalue weighted by molar-refractivity contribution is 1.01. The van der Waals surface area contributed by atoms with E-state index in [2.05, 4.69) is 32.9 Å². The van der Waals surface area contributed by atoms with E-state index in [9.17, 15) is 0 Å². The number of hydrogen-bond acceptors (Lipinski definition) is 5. The number of thioether (sulfide) groups is 1. The molecule has 0 bridgehead atoms. The molecule has 0 radical (unpaired) electrons. The number of hydrogen-bond donors (Lipinski definition) is 1. The van der Waals surface area contributed by atoms with Crippen molar-refractivity contribution in [1.29, 1.82) is 0 Å². The molecule has 0 unspecified atom stereocenters. The molecule has 18 heavy (non-hydrogen) atoms. The highest BCUT2D eigenvalue weighted by Gasteiger charge is 2.14. The first-order chi connectivity index (χ1) is 8.84. The van der Waals surface area contributed by atoms with Crippen molar-refractivity contribution in [3.05, 3.63) is 34.7 Å². The lowest BCUT2D eigenvalue weighted by Gasteiger charge is -2.11. The predicted molar refractivity (Wildman–Crippen MR) is 78.2 cm³/mol. The molecule has 2 heterocycles. The van der Waals surface area contributed by atoms with Gasteiger partial charge in [-0.05, 0) is 18.2 Å². The molecule has 4 nitrogen and oxygen atoms in total. The van der Waals surface area contributed by atoms with Crippen molar-refractivity contribution in [2.45, 2.75) is 6.92 Å². The minimum atomic E-state index is 0.875. The fraction of sp³-hybridized carbons (Fsp3) is 0.154. The van der Waals surface area contributed by atoms with Crippen LogP contribution in [0.4, 0.5) is 0 Å². The van der Waals surface area contributed by atoms with Gasteiger partial charge >= 0.3 is 0 Å². The third-order valence-corrected chi connectivity index (χ3v) is 3.80. The van der Waals surface area contributed by atoms with Gasteiger partial charge in [0.25, 0.3) is 0 Å². The zero-order valence-electron chi connectivity index (χ0n) is 9.92. The van der Waals surface area contributed by atoms with E-state index in [1.165, 1.54) is 0 Å². The molecule has 1 aromatic rings. The van der Waals surface area contributed by atoms with Gasteiger partial charge in [0.15, 0.2) is 0 Å². The van der Waals surface area contributed by atoms with Crippen LogP contribution in [0.1, 0.15) is 6.92 Å². The Hall–Kier alpha value is -1.88. The summed E-state index contributed by atoms with van der Waals surface area (Å²) in [6.07, 6.45) is 3.74. The van der Waals surface area contributed by atoms with Crippen LogP contribution in [0.15, 0.2) is 39.6 Å². The summed E-state index contributed by atoms with van der Waals surface area (Å²) in [6.45, 7) is 1.98. The average Bonchev–Trinajstić information content (AvgIpc) is 2.62. The Kier molecular flexibility index (Phi) is 2.98. The smallest absolute Gasteiger partial charge is 0.145 e. The Morgan fingerprint density at radius 2 is 2.11 bits per heavy atom. The normalized spacial score (nSPS) is 17.9. The van der Waals surface area contributed by atoms with Gasteiger partial charge in [-0.1, -0.05) is 36.0 Å². The molecule has 0 saturated carbocycles. The number of rotatable bonds is 1. The second-order valence-corrected chi connectivity index (χ2v) is 5.01. The quantitative estimate of drug-likeness (QED) is 0.803.